The molecule has 0 amide bonds. The molecule has 22 heavy (non-hydrogen) atoms. The normalized spacial score (nSPS) is 13.9. The SMILES string of the molecule is Cc1ccc(C(=O)[Se][C@@H](c2ccccc2)[C@H](C)N(C)C)cc1. The van der Waals surface area contributed by atoms with Crippen LogP contribution in [0.3, 0.4) is 0 Å². The summed E-state index contributed by atoms with van der Waals surface area (Å²) >= 11 is -0.125. The van der Waals surface area contributed by atoms with E-state index >= 15 is 0 Å². The third kappa shape index (κ3) is 4.30. The van der Waals surface area contributed by atoms with Gasteiger partial charge in [-0.3, -0.25) is 0 Å². The summed E-state index contributed by atoms with van der Waals surface area (Å²) in [6, 6.07) is 18.6. The third-order valence-corrected chi connectivity index (χ3v) is 6.78. The van der Waals surface area contributed by atoms with Crippen LogP contribution >= 0.6 is 0 Å². The summed E-state index contributed by atoms with van der Waals surface area (Å²) in [5.41, 5.74) is 3.27. The van der Waals surface area contributed by atoms with E-state index < -0.39 is 0 Å². The van der Waals surface area contributed by atoms with Crippen LogP contribution in [-0.2, 0) is 0 Å². The molecule has 0 radical (unpaired) electrons. The molecule has 0 aromatic heterocycles. The summed E-state index contributed by atoms with van der Waals surface area (Å²) in [6.07, 6.45) is 0. The van der Waals surface area contributed by atoms with Crippen molar-refractivity contribution >= 4 is 19.6 Å². The number of aryl methyl sites for hydroxylation is 1. The number of carbonyl (C=O) groups is 1. The quantitative estimate of drug-likeness (QED) is 0.735. The Kier molecular flexibility index (Phi) is 5.96. The summed E-state index contributed by atoms with van der Waals surface area (Å²) in [7, 11) is 4.15. The van der Waals surface area contributed by atoms with E-state index in [4.69, 9.17) is 0 Å². The molecule has 0 aliphatic rings. The van der Waals surface area contributed by atoms with Crippen molar-refractivity contribution in [3.8, 4) is 0 Å². The molecule has 0 saturated carbocycles. The van der Waals surface area contributed by atoms with Gasteiger partial charge in [0, 0.05) is 0 Å². The zero-order chi connectivity index (χ0) is 16.1. The fraction of sp³-hybridized carbons (Fsp3) is 0.316. The molecule has 2 aromatic carbocycles. The first-order chi connectivity index (χ1) is 10.5. The zero-order valence-corrected chi connectivity index (χ0v) is 15.3. The Morgan fingerprint density at radius 3 is 2.14 bits per heavy atom. The molecule has 2 nitrogen and oxygen atoms in total. The number of rotatable bonds is 6. The summed E-state index contributed by atoms with van der Waals surface area (Å²) in [4.78, 5) is 15.1. The van der Waals surface area contributed by atoms with Crippen LogP contribution in [0.25, 0.3) is 0 Å². The number of hydrogen-bond donors (Lipinski definition) is 0. The monoisotopic (exact) mass is 361 g/mol. The van der Waals surface area contributed by atoms with Gasteiger partial charge in [0.2, 0.25) is 0 Å². The topological polar surface area (TPSA) is 20.3 Å². The second kappa shape index (κ2) is 7.73. The molecule has 2 aromatic rings. The van der Waals surface area contributed by atoms with Gasteiger partial charge < -0.3 is 0 Å². The van der Waals surface area contributed by atoms with Gasteiger partial charge in [0.05, 0.1) is 0 Å². The Morgan fingerprint density at radius 1 is 1.00 bits per heavy atom. The molecule has 0 aliphatic heterocycles. The molecule has 0 saturated heterocycles. The van der Waals surface area contributed by atoms with Crippen LogP contribution in [-0.4, -0.2) is 44.7 Å². The summed E-state index contributed by atoms with van der Waals surface area (Å²) in [6.45, 7) is 4.24. The molecule has 2 atom stereocenters. The fourth-order valence-corrected chi connectivity index (χ4v) is 4.83. The van der Waals surface area contributed by atoms with Crippen LogP contribution in [0.5, 0.6) is 0 Å². The van der Waals surface area contributed by atoms with Crippen molar-refractivity contribution in [2.24, 2.45) is 0 Å². The van der Waals surface area contributed by atoms with Gasteiger partial charge in [-0.05, 0) is 0 Å². The Morgan fingerprint density at radius 2 is 1.59 bits per heavy atom. The Hall–Kier alpha value is -1.41. The van der Waals surface area contributed by atoms with Gasteiger partial charge in [-0.2, -0.15) is 0 Å². The Labute approximate surface area is 139 Å². The standard InChI is InChI=1S/C19H23NOSe/c1-14-10-12-17(13-11-14)19(21)22-18(15(2)20(3)4)16-8-6-5-7-9-16/h5-13,15,18H,1-4H3/t15-,18+/m0/s1. The number of likely N-dealkylation sites (N-methyl/N-ethyl adjacent to an activating group) is 1. The van der Waals surface area contributed by atoms with Gasteiger partial charge in [-0.15, -0.1) is 0 Å². The van der Waals surface area contributed by atoms with Crippen LogP contribution in [0, 0.1) is 6.92 Å². The van der Waals surface area contributed by atoms with Crippen molar-refractivity contribution in [1.29, 1.82) is 0 Å². The van der Waals surface area contributed by atoms with Crippen molar-refractivity contribution in [3.63, 3.8) is 0 Å². The van der Waals surface area contributed by atoms with Gasteiger partial charge in [-0.1, -0.05) is 0 Å². The van der Waals surface area contributed by atoms with E-state index in [2.05, 4.69) is 50.2 Å². The average molecular weight is 360 g/mol. The zero-order valence-electron chi connectivity index (χ0n) is 13.6. The first kappa shape index (κ1) is 17.0. The molecule has 0 bridgehead atoms. The molecule has 116 valence electrons. The molecule has 3 heteroatoms. The average Bonchev–Trinajstić information content (AvgIpc) is 2.53. The van der Waals surface area contributed by atoms with Crippen molar-refractivity contribution in [3.05, 3.63) is 71.3 Å². The first-order valence-electron chi connectivity index (χ1n) is 7.48. The molecule has 0 spiro atoms. The molecule has 0 heterocycles. The molecule has 0 fully saturated rings. The molecular weight excluding hydrogens is 337 g/mol. The van der Waals surface area contributed by atoms with Crippen molar-refractivity contribution < 1.29 is 4.79 Å². The summed E-state index contributed by atoms with van der Waals surface area (Å²) in [5.74, 6) is 0. The second-order valence-electron chi connectivity index (χ2n) is 5.81. The van der Waals surface area contributed by atoms with Crippen LogP contribution in [0.2, 0.25) is 0 Å². The van der Waals surface area contributed by atoms with Crippen LogP contribution in [0.15, 0.2) is 54.6 Å². The minimum absolute atomic E-state index is 0.125. The van der Waals surface area contributed by atoms with E-state index in [0.717, 1.165) is 5.56 Å². The predicted molar refractivity (Wildman–Crippen MR) is 93.6 cm³/mol. The van der Waals surface area contributed by atoms with Crippen LogP contribution < -0.4 is 0 Å². The maximum atomic E-state index is 12.7. The molecular formula is C19H23NOSe. The van der Waals surface area contributed by atoms with E-state index in [1.807, 2.05) is 37.3 Å². The summed E-state index contributed by atoms with van der Waals surface area (Å²) < 4.78 is 0.273. The fourth-order valence-electron chi connectivity index (χ4n) is 2.23. The molecule has 0 aliphatic carbocycles. The van der Waals surface area contributed by atoms with E-state index in [0.29, 0.717) is 6.04 Å². The van der Waals surface area contributed by atoms with E-state index in [9.17, 15) is 4.79 Å². The second-order valence-corrected chi connectivity index (χ2v) is 8.14. The third-order valence-electron chi connectivity index (χ3n) is 3.90. The van der Waals surface area contributed by atoms with E-state index in [1.165, 1.54) is 11.1 Å². The van der Waals surface area contributed by atoms with Crippen LogP contribution in [0.1, 0.15) is 33.2 Å². The van der Waals surface area contributed by atoms with Crippen molar-refractivity contribution in [2.45, 2.75) is 24.7 Å². The summed E-state index contributed by atoms with van der Waals surface area (Å²) in [5, 5.41) is 0. The Balaban J connectivity index is 2.23. The van der Waals surface area contributed by atoms with Gasteiger partial charge in [0.15, 0.2) is 0 Å². The van der Waals surface area contributed by atoms with Crippen LogP contribution in [0.4, 0.5) is 0 Å². The number of carbonyl (C=O) groups excluding carboxylic acids is 1. The number of hydrogen-bond acceptors (Lipinski definition) is 2. The van der Waals surface area contributed by atoms with E-state index in [-0.39, 0.29) is 24.5 Å². The number of nitrogens with zero attached hydrogens (tertiary/aromatic N) is 1. The maximum absolute atomic E-state index is 12.7. The van der Waals surface area contributed by atoms with Gasteiger partial charge in [0.1, 0.15) is 0 Å². The number of benzene rings is 2. The van der Waals surface area contributed by atoms with E-state index in [1.54, 1.807) is 0 Å². The van der Waals surface area contributed by atoms with Gasteiger partial charge >= 0.3 is 139 Å². The predicted octanol–water partition coefficient (Wildman–Crippen LogP) is 3.53. The minimum atomic E-state index is -0.125. The van der Waals surface area contributed by atoms with Gasteiger partial charge in [-0.25, -0.2) is 0 Å². The van der Waals surface area contributed by atoms with Crippen molar-refractivity contribution in [1.82, 2.24) is 4.90 Å². The first-order valence-corrected chi connectivity index (χ1v) is 9.32. The van der Waals surface area contributed by atoms with Crippen molar-refractivity contribution in [2.75, 3.05) is 14.1 Å². The van der Waals surface area contributed by atoms with Gasteiger partial charge in [0.25, 0.3) is 0 Å². The Bertz CT molecular complexity index is 607. The molecule has 2 rings (SSSR count). The molecule has 0 N–H and O–H groups in total. The molecule has 0 unspecified atom stereocenters.